The van der Waals surface area contributed by atoms with Gasteiger partial charge in [0.15, 0.2) is 0 Å². The molecular weight excluding hydrogens is 216 g/mol. The van der Waals surface area contributed by atoms with Crippen molar-refractivity contribution in [2.24, 2.45) is 11.8 Å². The van der Waals surface area contributed by atoms with Crippen molar-refractivity contribution in [3.05, 3.63) is 42.5 Å². The minimum Gasteiger partial charge on any atom is -0.497 e. The first-order valence-electron chi connectivity index (χ1n) is 5.56. The monoisotopic (exact) mass is 234 g/mol. The molecule has 0 saturated heterocycles. The summed E-state index contributed by atoms with van der Waals surface area (Å²) < 4.78 is 5.12. The van der Waals surface area contributed by atoms with Crippen molar-refractivity contribution in [3.8, 4) is 5.75 Å². The zero-order valence-electron chi connectivity index (χ0n) is 10.2. The number of hydrogen-bond donors (Lipinski definition) is 1. The maximum absolute atomic E-state index is 11.2. The van der Waals surface area contributed by atoms with Gasteiger partial charge in [0.05, 0.1) is 13.0 Å². The molecule has 2 unspecified atom stereocenters. The van der Waals surface area contributed by atoms with Crippen molar-refractivity contribution in [2.45, 2.75) is 13.3 Å². The first-order chi connectivity index (χ1) is 8.08. The molecule has 1 N–H and O–H groups in total. The Morgan fingerprint density at radius 2 is 2.29 bits per heavy atom. The SMILES string of the molecule is C=CC(C)C(Cc1cccc(OC)c1)C(=O)O. The molecule has 0 amide bonds. The van der Waals surface area contributed by atoms with Gasteiger partial charge in [-0.15, -0.1) is 6.58 Å². The molecule has 3 nitrogen and oxygen atoms in total. The molecule has 1 aromatic rings. The van der Waals surface area contributed by atoms with E-state index in [0.717, 1.165) is 11.3 Å². The van der Waals surface area contributed by atoms with Gasteiger partial charge in [0.2, 0.25) is 0 Å². The fourth-order valence-electron chi connectivity index (χ4n) is 1.72. The van der Waals surface area contributed by atoms with E-state index < -0.39 is 11.9 Å². The van der Waals surface area contributed by atoms with E-state index in [1.54, 1.807) is 13.2 Å². The van der Waals surface area contributed by atoms with Gasteiger partial charge in [-0.05, 0) is 30.0 Å². The number of allylic oxidation sites excluding steroid dienone is 1. The minimum atomic E-state index is -0.791. The molecule has 0 aliphatic carbocycles. The van der Waals surface area contributed by atoms with Crippen molar-refractivity contribution in [1.82, 2.24) is 0 Å². The largest absolute Gasteiger partial charge is 0.497 e. The molecule has 1 rings (SSSR count). The highest BCUT2D eigenvalue weighted by molar-refractivity contribution is 5.71. The maximum Gasteiger partial charge on any atom is 0.307 e. The van der Waals surface area contributed by atoms with Crippen LogP contribution < -0.4 is 4.74 Å². The fraction of sp³-hybridized carbons (Fsp3) is 0.357. The van der Waals surface area contributed by atoms with Gasteiger partial charge in [-0.1, -0.05) is 25.1 Å². The summed E-state index contributed by atoms with van der Waals surface area (Å²) in [6.45, 7) is 5.52. The second-order valence-electron chi connectivity index (χ2n) is 4.10. The van der Waals surface area contributed by atoms with Gasteiger partial charge < -0.3 is 9.84 Å². The van der Waals surface area contributed by atoms with Crippen LogP contribution in [-0.4, -0.2) is 18.2 Å². The summed E-state index contributed by atoms with van der Waals surface area (Å²) in [6.07, 6.45) is 2.17. The smallest absolute Gasteiger partial charge is 0.307 e. The van der Waals surface area contributed by atoms with Gasteiger partial charge in [-0.3, -0.25) is 4.79 Å². The summed E-state index contributed by atoms with van der Waals surface area (Å²) in [5, 5.41) is 9.18. The van der Waals surface area contributed by atoms with Gasteiger partial charge in [0.25, 0.3) is 0 Å². The number of hydrogen-bond acceptors (Lipinski definition) is 2. The van der Waals surface area contributed by atoms with Crippen LogP contribution in [0.1, 0.15) is 12.5 Å². The van der Waals surface area contributed by atoms with E-state index in [-0.39, 0.29) is 5.92 Å². The van der Waals surface area contributed by atoms with Crippen LogP contribution in [-0.2, 0) is 11.2 Å². The van der Waals surface area contributed by atoms with Crippen LogP contribution in [0.3, 0.4) is 0 Å². The highest BCUT2D eigenvalue weighted by atomic mass is 16.5. The summed E-state index contributed by atoms with van der Waals surface area (Å²) in [5.41, 5.74) is 0.963. The third-order valence-corrected chi connectivity index (χ3v) is 2.91. The average molecular weight is 234 g/mol. The van der Waals surface area contributed by atoms with E-state index in [0.29, 0.717) is 6.42 Å². The van der Waals surface area contributed by atoms with E-state index in [1.165, 1.54) is 0 Å². The molecule has 0 spiro atoms. The highest BCUT2D eigenvalue weighted by Crippen LogP contribution is 2.21. The summed E-state index contributed by atoms with van der Waals surface area (Å²) in [6, 6.07) is 7.49. The molecule has 2 atom stereocenters. The lowest BCUT2D eigenvalue weighted by Crippen LogP contribution is -2.22. The molecule has 0 aliphatic rings. The maximum atomic E-state index is 11.2. The normalized spacial score (nSPS) is 13.8. The number of methoxy groups -OCH3 is 1. The van der Waals surface area contributed by atoms with Crippen LogP contribution in [0.2, 0.25) is 0 Å². The second kappa shape index (κ2) is 6.09. The summed E-state index contributed by atoms with van der Waals surface area (Å²) in [5.74, 6) is -0.545. The van der Waals surface area contributed by atoms with Crippen molar-refractivity contribution in [3.63, 3.8) is 0 Å². The Hall–Kier alpha value is -1.77. The molecule has 0 radical (unpaired) electrons. The van der Waals surface area contributed by atoms with E-state index in [1.807, 2.05) is 31.2 Å². The van der Waals surface area contributed by atoms with E-state index in [2.05, 4.69) is 6.58 Å². The average Bonchev–Trinajstić information content (AvgIpc) is 2.35. The first-order valence-corrected chi connectivity index (χ1v) is 5.56. The van der Waals surface area contributed by atoms with Gasteiger partial charge in [-0.2, -0.15) is 0 Å². The van der Waals surface area contributed by atoms with Gasteiger partial charge >= 0.3 is 5.97 Å². The quantitative estimate of drug-likeness (QED) is 0.770. The molecule has 3 heteroatoms. The van der Waals surface area contributed by atoms with Crippen molar-refractivity contribution in [2.75, 3.05) is 7.11 Å². The molecule has 17 heavy (non-hydrogen) atoms. The van der Waals surface area contributed by atoms with Crippen LogP contribution in [0.15, 0.2) is 36.9 Å². The lowest BCUT2D eigenvalue weighted by molar-refractivity contribution is -0.142. The number of carboxylic acid groups (broad SMARTS) is 1. The second-order valence-corrected chi connectivity index (χ2v) is 4.10. The number of benzene rings is 1. The Bertz CT molecular complexity index is 398. The number of carboxylic acids is 1. The van der Waals surface area contributed by atoms with Crippen LogP contribution in [0.25, 0.3) is 0 Å². The number of rotatable bonds is 6. The minimum absolute atomic E-state index is 0.0568. The van der Waals surface area contributed by atoms with Crippen LogP contribution in [0.4, 0.5) is 0 Å². The number of ether oxygens (including phenoxy) is 1. The summed E-state index contributed by atoms with van der Waals surface area (Å²) in [4.78, 5) is 11.2. The van der Waals surface area contributed by atoms with Crippen molar-refractivity contribution >= 4 is 5.97 Å². The lowest BCUT2D eigenvalue weighted by Gasteiger charge is -2.17. The molecule has 0 bridgehead atoms. The van der Waals surface area contributed by atoms with E-state index >= 15 is 0 Å². The standard InChI is InChI=1S/C14H18O3/c1-4-10(2)13(14(15)16)9-11-6-5-7-12(8-11)17-3/h4-8,10,13H,1,9H2,2-3H3,(H,15,16). The van der Waals surface area contributed by atoms with Crippen LogP contribution in [0.5, 0.6) is 5.75 Å². The Kier molecular flexibility index (Phi) is 4.76. The molecule has 0 aromatic heterocycles. The zero-order chi connectivity index (χ0) is 12.8. The summed E-state index contributed by atoms with van der Waals surface area (Å²) in [7, 11) is 1.60. The Morgan fingerprint density at radius 3 is 2.82 bits per heavy atom. The van der Waals surface area contributed by atoms with E-state index in [4.69, 9.17) is 4.74 Å². The fourth-order valence-corrected chi connectivity index (χ4v) is 1.72. The molecule has 0 saturated carbocycles. The number of carbonyl (C=O) groups is 1. The Balaban J connectivity index is 2.85. The Labute approximate surface area is 102 Å². The first kappa shape index (κ1) is 13.3. The molecule has 92 valence electrons. The highest BCUT2D eigenvalue weighted by Gasteiger charge is 2.22. The van der Waals surface area contributed by atoms with Crippen molar-refractivity contribution in [1.29, 1.82) is 0 Å². The van der Waals surface area contributed by atoms with Gasteiger partial charge in [0, 0.05) is 0 Å². The van der Waals surface area contributed by atoms with Crippen LogP contribution in [0, 0.1) is 11.8 Å². The molecule has 0 fully saturated rings. The van der Waals surface area contributed by atoms with Gasteiger partial charge in [0.1, 0.15) is 5.75 Å². The molecule has 1 aromatic carbocycles. The molecule has 0 heterocycles. The van der Waals surface area contributed by atoms with Crippen molar-refractivity contribution < 1.29 is 14.6 Å². The predicted octanol–water partition coefficient (Wildman–Crippen LogP) is 2.76. The third-order valence-electron chi connectivity index (χ3n) is 2.91. The van der Waals surface area contributed by atoms with E-state index in [9.17, 15) is 9.90 Å². The predicted molar refractivity (Wildman–Crippen MR) is 67.2 cm³/mol. The third kappa shape index (κ3) is 3.63. The van der Waals surface area contributed by atoms with Gasteiger partial charge in [-0.25, -0.2) is 0 Å². The Morgan fingerprint density at radius 1 is 1.59 bits per heavy atom. The summed E-state index contributed by atoms with van der Waals surface area (Å²) >= 11 is 0. The number of aliphatic carboxylic acids is 1. The van der Waals surface area contributed by atoms with Crippen LogP contribution >= 0.6 is 0 Å². The lowest BCUT2D eigenvalue weighted by atomic mass is 9.88. The molecular formula is C14H18O3. The molecule has 0 aliphatic heterocycles. The topological polar surface area (TPSA) is 46.5 Å². The zero-order valence-corrected chi connectivity index (χ0v) is 10.2.